The Bertz CT molecular complexity index is 829. The third-order valence-electron chi connectivity index (χ3n) is 5.06. The van der Waals surface area contributed by atoms with E-state index < -0.39 is 0 Å². The molecule has 2 aromatic rings. The van der Waals surface area contributed by atoms with Crippen LogP contribution in [0.25, 0.3) is 0 Å². The molecule has 1 N–H and O–H groups in total. The largest absolute Gasteiger partial charge is 0.450 e. The van der Waals surface area contributed by atoms with E-state index in [2.05, 4.69) is 46.7 Å². The van der Waals surface area contributed by atoms with Gasteiger partial charge in [0.1, 0.15) is 6.17 Å². The van der Waals surface area contributed by atoms with Crippen molar-refractivity contribution in [2.24, 2.45) is 5.10 Å². The van der Waals surface area contributed by atoms with Crippen molar-refractivity contribution < 1.29 is 9.53 Å². The highest BCUT2D eigenvalue weighted by Gasteiger charge is 2.31. The number of benzene rings is 2. The minimum absolute atomic E-state index is 0.0120. The van der Waals surface area contributed by atoms with Crippen molar-refractivity contribution in [2.45, 2.75) is 13.1 Å². The van der Waals surface area contributed by atoms with Crippen molar-refractivity contribution >= 4 is 11.8 Å². The van der Waals surface area contributed by atoms with Crippen LogP contribution in [0.3, 0.4) is 0 Å². The molecular formula is C21H24N4O2. The molecule has 6 heteroatoms. The number of nitrogens with zero attached hydrogens (tertiary/aromatic N) is 3. The minimum Gasteiger partial charge on any atom is -0.450 e. The zero-order chi connectivity index (χ0) is 18.6. The van der Waals surface area contributed by atoms with Gasteiger partial charge in [0.15, 0.2) is 0 Å². The fourth-order valence-electron chi connectivity index (χ4n) is 3.68. The van der Waals surface area contributed by atoms with Gasteiger partial charge in [-0.15, -0.1) is 0 Å². The molecule has 27 heavy (non-hydrogen) atoms. The number of ether oxygens (including phenoxy) is 1. The quantitative estimate of drug-likeness (QED) is 0.910. The monoisotopic (exact) mass is 364 g/mol. The van der Waals surface area contributed by atoms with Gasteiger partial charge in [-0.3, -0.25) is 10.3 Å². The molecule has 1 atom stereocenters. The summed E-state index contributed by atoms with van der Waals surface area (Å²) in [6.45, 7) is 5.12. The van der Waals surface area contributed by atoms with Gasteiger partial charge < -0.3 is 9.64 Å². The van der Waals surface area contributed by atoms with E-state index in [0.29, 0.717) is 19.7 Å². The van der Waals surface area contributed by atoms with Crippen molar-refractivity contribution in [3.63, 3.8) is 0 Å². The van der Waals surface area contributed by atoms with Crippen LogP contribution in [0.2, 0.25) is 0 Å². The van der Waals surface area contributed by atoms with Gasteiger partial charge in [0.2, 0.25) is 0 Å². The second kappa shape index (κ2) is 7.80. The number of hydrogen-bond donors (Lipinski definition) is 1. The number of fused-ring (bicyclic) bond motifs is 1. The summed E-state index contributed by atoms with van der Waals surface area (Å²) < 4.78 is 5.11. The van der Waals surface area contributed by atoms with E-state index in [9.17, 15) is 4.79 Å². The van der Waals surface area contributed by atoms with E-state index in [1.54, 1.807) is 4.90 Å². The standard InChI is InChI=1S/C21H24N4O2/c1-2-27-21(26)25-14-12-24(13-15-25)20-18-11-7-6-10-17(18)19(22-23-20)16-8-4-3-5-9-16/h3-11,20,23H,2,12-15H2,1H3/t20-/m1/s1. The number of rotatable bonds is 3. The maximum atomic E-state index is 11.9. The molecule has 0 bridgehead atoms. The van der Waals surface area contributed by atoms with Gasteiger partial charge in [0, 0.05) is 37.3 Å². The van der Waals surface area contributed by atoms with Crippen LogP contribution in [0.1, 0.15) is 29.8 Å². The van der Waals surface area contributed by atoms with E-state index in [4.69, 9.17) is 9.84 Å². The average Bonchev–Trinajstić information content (AvgIpc) is 2.74. The molecule has 1 amide bonds. The highest BCUT2D eigenvalue weighted by molar-refractivity contribution is 6.14. The zero-order valence-electron chi connectivity index (χ0n) is 15.5. The van der Waals surface area contributed by atoms with Crippen LogP contribution < -0.4 is 5.43 Å². The predicted molar refractivity (Wildman–Crippen MR) is 105 cm³/mol. The SMILES string of the molecule is CCOC(=O)N1CCN([C@H]2NN=C(c3ccccc3)c3ccccc32)CC1. The Balaban J connectivity index is 1.53. The summed E-state index contributed by atoms with van der Waals surface area (Å²) in [6, 6.07) is 18.6. The predicted octanol–water partition coefficient (Wildman–Crippen LogP) is 2.81. The lowest BCUT2D eigenvalue weighted by Crippen LogP contribution is -2.52. The van der Waals surface area contributed by atoms with Crippen LogP contribution in [0.5, 0.6) is 0 Å². The van der Waals surface area contributed by atoms with Crippen LogP contribution in [-0.4, -0.2) is 54.4 Å². The molecule has 1 saturated heterocycles. The summed E-state index contributed by atoms with van der Waals surface area (Å²) in [5.41, 5.74) is 7.78. The lowest BCUT2D eigenvalue weighted by Gasteiger charge is -2.40. The molecule has 0 radical (unpaired) electrons. The molecule has 0 unspecified atom stereocenters. The van der Waals surface area contributed by atoms with Crippen molar-refractivity contribution in [1.29, 1.82) is 0 Å². The summed E-state index contributed by atoms with van der Waals surface area (Å²) in [4.78, 5) is 16.0. The molecule has 0 spiro atoms. The molecule has 2 aromatic carbocycles. The van der Waals surface area contributed by atoms with Gasteiger partial charge in [-0.2, -0.15) is 5.10 Å². The highest BCUT2D eigenvalue weighted by atomic mass is 16.6. The maximum absolute atomic E-state index is 11.9. The van der Waals surface area contributed by atoms with Gasteiger partial charge in [0.25, 0.3) is 0 Å². The first-order valence-electron chi connectivity index (χ1n) is 9.41. The molecule has 1 fully saturated rings. The smallest absolute Gasteiger partial charge is 0.409 e. The van der Waals surface area contributed by atoms with Crippen molar-refractivity contribution in [1.82, 2.24) is 15.2 Å². The molecule has 2 aliphatic rings. The normalized spacial score (nSPS) is 19.7. The van der Waals surface area contributed by atoms with Crippen LogP contribution in [0.15, 0.2) is 59.7 Å². The maximum Gasteiger partial charge on any atom is 0.409 e. The Morgan fingerprint density at radius 3 is 2.52 bits per heavy atom. The molecule has 6 nitrogen and oxygen atoms in total. The van der Waals surface area contributed by atoms with Gasteiger partial charge >= 0.3 is 6.09 Å². The minimum atomic E-state index is -0.224. The number of amides is 1. The van der Waals surface area contributed by atoms with Gasteiger partial charge in [-0.25, -0.2) is 4.79 Å². The summed E-state index contributed by atoms with van der Waals surface area (Å²) in [6.07, 6.45) is -0.212. The van der Waals surface area contributed by atoms with Crippen molar-refractivity contribution in [3.8, 4) is 0 Å². The Morgan fingerprint density at radius 1 is 1.07 bits per heavy atom. The fourth-order valence-corrected chi connectivity index (χ4v) is 3.68. The van der Waals surface area contributed by atoms with E-state index >= 15 is 0 Å². The summed E-state index contributed by atoms with van der Waals surface area (Å²) in [5.74, 6) is 0. The molecule has 0 saturated carbocycles. The lowest BCUT2D eigenvalue weighted by molar-refractivity contribution is 0.0585. The summed E-state index contributed by atoms with van der Waals surface area (Å²) >= 11 is 0. The molecule has 4 rings (SSSR count). The third kappa shape index (κ3) is 3.53. The van der Waals surface area contributed by atoms with Crippen LogP contribution in [0, 0.1) is 0 Å². The van der Waals surface area contributed by atoms with Gasteiger partial charge in [-0.05, 0) is 12.5 Å². The van der Waals surface area contributed by atoms with Crippen molar-refractivity contribution in [2.75, 3.05) is 32.8 Å². The summed E-state index contributed by atoms with van der Waals surface area (Å²) in [5, 5.41) is 4.70. The molecular weight excluding hydrogens is 340 g/mol. The zero-order valence-corrected chi connectivity index (χ0v) is 15.5. The molecule has 2 heterocycles. The molecule has 0 aromatic heterocycles. The molecule has 140 valence electrons. The fraction of sp³-hybridized carbons (Fsp3) is 0.333. The van der Waals surface area contributed by atoms with Gasteiger partial charge in [0.05, 0.1) is 12.3 Å². The number of hydrogen-bond acceptors (Lipinski definition) is 5. The van der Waals surface area contributed by atoms with E-state index in [1.807, 2.05) is 25.1 Å². The number of carbonyl (C=O) groups excluding carboxylic acids is 1. The highest BCUT2D eigenvalue weighted by Crippen LogP contribution is 2.28. The first-order valence-corrected chi connectivity index (χ1v) is 9.41. The molecule has 0 aliphatic carbocycles. The second-order valence-corrected chi connectivity index (χ2v) is 6.67. The Hall–Kier alpha value is -2.86. The van der Waals surface area contributed by atoms with E-state index in [1.165, 1.54) is 5.56 Å². The van der Waals surface area contributed by atoms with Crippen molar-refractivity contribution in [3.05, 3.63) is 71.3 Å². The van der Waals surface area contributed by atoms with Crippen LogP contribution in [0.4, 0.5) is 4.79 Å². The number of piperazine rings is 1. The molecule has 2 aliphatic heterocycles. The Labute approximate surface area is 159 Å². The second-order valence-electron chi connectivity index (χ2n) is 6.67. The lowest BCUT2D eigenvalue weighted by atomic mass is 9.94. The average molecular weight is 364 g/mol. The van der Waals surface area contributed by atoms with Crippen LogP contribution >= 0.6 is 0 Å². The van der Waals surface area contributed by atoms with Crippen LogP contribution in [-0.2, 0) is 4.74 Å². The third-order valence-corrected chi connectivity index (χ3v) is 5.06. The summed E-state index contributed by atoms with van der Waals surface area (Å²) in [7, 11) is 0. The van der Waals surface area contributed by atoms with E-state index in [0.717, 1.165) is 29.9 Å². The number of hydrazone groups is 1. The number of carbonyl (C=O) groups is 1. The van der Waals surface area contributed by atoms with Gasteiger partial charge in [-0.1, -0.05) is 54.6 Å². The number of nitrogens with one attached hydrogen (secondary N) is 1. The topological polar surface area (TPSA) is 57.2 Å². The Kier molecular flexibility index (Phi) is 5.07. The first-order chi connectivity index (χ1) is 13.3. The Morgan fingerprint density at radius 2 is 1.78 bits per heavy atom. The first kappa shape index (κ1) is 17.5. The van der Waals surface area contributed by atoms with E-state index in [-0.39, 0.29) is 12.3 Å².